The lowest BCUT2D eigenvalue weighted by atomic mass is 10.2. The summed E-state index contributed by atoms with van der Waals surface area (Å²) >= 11 is 6.61. The Kier molecular flexibility index (Phi) is 4.17. The number of aromatic nitrogens is 1. The van der Waals surface area contributed by atoms with Gasteiger partial charge < -0.3 is 10.5 Å². The van der Waals surface area contributed by atoms with Crippen LogP contribution < -0.4 is 10.5 Å². The third kappa shape index (κ3) is 2.80. The third-order valence-electron chi connectivity index (χ3n) is 2.34. The molecule has 0 saturated heterocycles. The number of para-hydroxylation sites is 1. The van der Waals surface area contributed by atoms with E-state index in [1.54, 1.807) is 30.2 Å². The van der Waals surface area contributed by atoms with Crippen LogP contribution in [-0.2, 0) is 0 Å². The molecule has 0 atom stereocenters. The minimum absolute atomic E-state index is 0.300. The van der Waals surface area contributed by atoms with Crippen molar-refractivity contribution in [2.24, 2.45) is 5.73 Å². The second-order valence-electron chi connectivity index (χ2n) is 3.49. The molecule has 2 aromatic rings. The number of pyridine rings is 1. The summed E-state index contributed by atoms with van der Waals surface area (Å²) in [5, 5.41) is 0. The molecule has 0 aliphatic rings. The molecule has 2 N–H and O–H groups in total. The molecule has 5 heteroatoms. The molecular weight excluding hydrogens is 264 g/mol. The van der Waals surface area contributed by atoms with Crippen LogP contribution in [0.4, 0.5) is 0 Å². The lowest BCUT2D eigenvalue weighted by molar-refractivity contribution is 0.468. The van der Waals surface area contributed by atoms with Crippen LogP contribution in [-0.4, -0.2) is 16.2 Å². The van der Waals surface area contributed by atoms with E-state index >= 15 is 0 Å². The van der Waals surface area contributed by atoms with Gasteiger partial charge in [0.25, 0.3) is 0 Å². The van der Waals surface area contributed by atoms with E-state index in [0.717, 1.165) is 10.6 Å². The first-order valence-corrected chi connectivity index (χ1v) is 6.90. The summed E-state index contributed by atoms with van der Waals surface area (Å²) in [5.41, 5.74) is 6.35. The van der Waals surface area contributed by atoms with E-state index in [2.05, 4.69) is 4.98 Å². The van der Waals surface area contributed by atoms with Crippen LogP contribution in [0, 0.1) is 0 Å². The van der Waals surface area contributed by atoms with Crippen molar-refractivity contribution in [1.82, 2.24) is 4.98 Å². The molecule has 3 nitrogen and oxygen atoms in total. The highest BCUT2D eigenvalue weighted by atomic mass is 32.2. The highest BCUT2D eigenvalue weighted by Crippen LogP contribution is 2.32. The summed E-state index contributed by atoms with van der Waals surface area (Å²) in [6.45, 7) is 0. The summed E-state index contributed by atoms with van der Waals surface area (Å²) < 4.78 is 5.84. The van der Waals surface area contributed by atoms with Crippen LogP contribution in [0.5, 0.6) is 11.5 Å². The van der Waals surface area contributed by atoms with Crippen molar-refractivity contribution in [3.05, 3.63) is 48.3 Å². The van der Waals surface area contributed by atoms with E-state index in [4.69, 9.17) is 22.7 Å². The van der Waals surface area contributed by atoms with Gasteiger partial charge in [0.05, 0.1) is 11.8 Å². The van der Waals surface area contributed by atoms with E-state index in [1.807, 2.05) is 30.5 Å². The largest absolute Gasteiger partial charge is 0.454 e. The van der Waals surface area contributed by atoms with Gasteiger partial charge in [0.15, 0.2) is 5.75 Å². The van der Waals surface area contributed by atoms with E-state index in [-0.39, 0.29) is 0 Å². The van der Waals surface area contributed by atoms with Gasteiger partial charge in [-0.1, -0.05) is 24.4 Å². The maximum atomic E-state index is 5.84. The van der Waals surface area contributed by atoms with Crippen molar-refractivity contribution in [2.75, 3.05) is 6.26 Å². The summed E-state index contributed by atoms with van der Waals surface area (Å²) in [5.74, 6) is 1.35. The summed E-state index contributed by atoms with van der Waals surface area (Å²) in [6, 6.07) is 9.54. The molecular formula is C13H12N2OS2. The van der Waals surface area contributed by atoms with Crippen LogP contribution in [0.25, 0.3) is 0 Å². The van der Waals surface area contributed by atoms with Crippen molar-refractivity contribution in [3.63, 3.8) is 0 Å². The number of nitrogens with two attached hydrogens (primary N) is 1. The second-order valence-corrected chi connectivity index (χ2v) is 4.78. The highest BCUT2D eigenvalue weighted by molar-refractivity contribution is 7.98. The van der Waals surface area contributed by atoms with Crippen LogP contribution in [0.1, 0.15) is 5.56 Å². The van der Waals surface area contributed by atoms with E-state index in [0.29, 0.717) is 16.3 Å². The first-order valence-electron chi connectivity index (χ1n) is 5.27. The Labute approximate surface area is 115 Å². The average molecular weight is 276 g/mol. The van der Waals surface area contributed by atoms with Gasteiger partial charge in [-0.3, -0.25) is 4.98 Å². The fraction of sp³-hybridized carbons (Fsp3) is 0.0769. The van der Waals surface area contributed by atoms with Crippen LogP contribution in [0.2, 0.25) is 0 Å². The number of nitrogens with zero attached hydrogens (tertiary/aromatic N) is 1. The minimum atomic E-state index is 0.300. The maximum Gasteiger partial charge on any atom is 0.155 e. The molecule has 0 radical (unpaired) electrons. The standard InChI is InChI=1S/C13H12N2OS2/c1-18-12-5-3-2-4-10(12)16-11-8-15-7-6-9(11)13(14)17/h2-8H,1H3,(H2,14,17). The van der Waals surface area contributed by atoms with E-state index in [1.165, 1.54) is 0 Å². The van der Waals surface area contributed by atoms with E-state index in [9.17, 15) is 0 Å². The molecule has 0 fully saturated rings. The van der Waals surface area contributed by atoms with Gasteiger partial charge in [-0.25, -0.2) is 0 Å². The molecule has 0 unspecified atom stereocenters. The van der Waals surface area contributed by atoms with Gasteiger partial charge in [-0.2, -0.15) is 0 Å². The number of ether oxygens (including phenoxy) is 1. The van der Waals surface area contributed by atoms with E-state index < -0.39 is 0 Å². The second kappa shape index (κ2) is 5.84. The van der Waals surface area contributed by atoms with Crippen LogP contribution in [0.3, 0.4) is 0 Å². The number of hydrogen-bond acceptors (Lipinski definition) is 4. The SMILES string of the molecule is CSc1ccccc1Oc1cnccc1C(N)=S. The van der Waals surface area contributed by atoms with Crippen LogP contribution in [0.15, 0.2) is 47.6 Å². The normalized spacial score (nSPS) is 10.1. The zero-order chi connectivity index (χ0) is 13.0. The topological polar surface area (TPSA) is 48.1 Å². The summed E-state index contributed by atoms with van der Waals surface area (Å²) in [7, 11) is 0. The Hall–Kier alpha value is -1.59. The number of thioether (sulfide) groups is 1. The molecule has 0 aliphatic carbocycles. The number of rotatable bonds is 4. The third-order valence-corrected chi connectivity index (χ3v) is 3.34. The molecule has 1 aromatic carbocycles. The average Bonchev–Trinajstić information content (AvgIpc) is 2.40. The van der Waals surface area contributed by atoms with Gasteiger partial charge in [0.2, 0.25) is 0 Å². The molecule has 1 heterocycles. The molecule has 2 rings (SSSR count). The molecule has 0 aliphatic heterocycles. The van der Waals surface area contributed by atoms with Gasteiger partial charge in [-0.15, -0.1) is 11.8 Å². The van der Waals surface area contributed by atoms with Gasteiger partial charge in [0, 0.05) is 11.1 Å². The van der Waals surface area contributed by atoms with Gasteiger partial charge in [0.1, 0.15) is 10.7 Å². The van der Waals surface area contributed by atoms with Crippen LogP contribution >= 0.6 is 24.0 Å². The quantitative estimate of drug-likeness (QED) is 0.686. The predicted molar refractivity (Wildman–Crippen MR) is 78.4 cm³/mol. The Balaban J connectivity index is 2.37. The van der Waals surface area contributed by atoms with Gasteiger partial charge >= 0.3 is 0 Å². The zero-order valence-corrected chi connectivity index (χ0v) is 11.4. The number of thiocarbonyl (C=S) groups is 1. The number of benzene rings is 1. The molecule has 0 bridgehead atoms. The lowest BCUT2D eigenvalue weighted by Crippen LogP contribution is -2.10. The maximum absolute atomic E-state index is 5.84. The molecule has 0 spiro atoms. The first kappa shape index (κ1) is 12.9. The highest BCUT2D eigenvalue weighted by Gasteiger charge is 2.09. The number of hydrogen-bond donors (Lipinski definition) is 1. The van der Waals surface area contributed by atoms with Crippen molar-refractivity contribution < 1.29 is 4.74 Å². The fourth-order valence-electron chi connectivity index (χ4n) is 1.49. The molecule has 0 amide bonds. The molecule has 18 heavy (non-hydrogen) atoms. The smallest absolute Gasteiger partial charge is 0.155 e. The molecule has 0 saturated carbocycles. The Morgan fingerprint density at radius 1 is 1.28 bits per heavy atom. The van der Waals surface area contributed by atoms with Gasteiger partial charge in [-0.05, 0) is 24.5 Å². The monoisotopic (exact) mass is 276 g/mol. The van der Waals surface area contributed by atoms with Crippen molar-refractivity contribution >= 4 is 29.0 Å². The van der Waals surface area contributed by atoms with Crippen molar-refractivity contribution in [1.29, 1.82) is 0 Å². The Morgan fingerprint density at radius 3 is 2.78 bits per heavy atom. The Bertz CT molecular complexity index is 572. The Morgan fingerprint density at radius 2 is 2.06 bits per heavy atom. The molecule has 92 valence electrons. The van der Waals surface area contributed by atoms with Crippen molar-refractivity contribution in [3.8, 4) is 11.5 Å². The predicted octanol–water partition coefficient (Wildman–Crippen LogP) is 3.23. The molecule has 1 aromatic heterocycles. The lowest BCUT2D eigenvalue weighted by Gasteiger charge is -2.11. The fourth-order valence-corrected chi connectivity index (χ4v) is 2.18. The van der Waals surface area contributed by atoms with Crippen molar-refractivity contribution in [2.45, 2.75) is 4.90 Å². The summed E-state index contributed by atoms with van der Waals surface area (Å²) in [6.07, 6.45) is 5.26. The first-order chi connectivity index (χ1) is 8.72. The summed E-state index contributed by atoms with van der Waals surface area (Å²) in [4.78, 5) is 5.38. The zero-order valence-electron chi connectivity index (χ0n) is 9.79. The minimum Gasteiger partial charge on any atom is -0.454 e.